The number of rotatable bonds is 2. The molecule has 0 atom stereocenters. The van der Waals surface area contributed by atoms with Gasteiger partial charge < -0.3 is 4.98 Å². The number of carbonyl (C=O) groups excluding carboxylic acids is 1. The van der Waals surface area contributed by atoms with Crippen molar-refractivity contribution in [3.8, 4) is 0 Å². The van der Waals surface area contributed by atoms with Crippen molar-refractivity contribution in [1.29, 1.82) is 0 Å². The summed E-state index contributed by atoms with van der Waals surface area (Å²) in [5, 5.41) is -0.516. The van der Waals surface area contributed by atoms with Gasteiger partial charge in [-0.25, -0.2) is 0 Å². The second-order valence-corrected chi connectivity index (χ2v) is 4.47. The highest BCUT2D eigenvalue weighted by Gasteiger charge is 2.14. The second-order valence-electron chi connectivity index (χ2n) is 4.14. The molecule has 0 spiro atoms. The van der Waals surface area contributed by atoms with Crippen molar-refractivity contribution in [3.05, 3.63) is 85.2 Å². The van der Waals surface area contributed by atoms with Gasteiger partial charge in [-0.05, 0) is 48.0 Å². The van der Waals surface area contributed by atoms with Gasteiger partial charge in [0.15, 0.2) is 0 Å². The van der Waals surface area contributed by atoms with Gasteiger partial charge in [0.1, 0.15) is 0 Å². The van der Waals surface area contributed by atoms with Crippen molar-refractivity contribution < 1.29 is 4.79 Å². The Morgan fingerprint density at radius 2 is 1.19 bits per heavy atom. The van der Waals surface area contributed by atoms with Crippen LogP contribution in [-0.4, -0.2) is 10.4 Å². The quantitative estimate of drug-likeness (QED) is 0.512. The number of halogens is 1. The van der Waals surface area contributed by atoms with Gasteiger partial charge in [0.05, 0.1) is 11.4 Å². The number of benzene rings is 2. The fourth-order valence-corrected chi connectivity index (χ4v) is 1.98. The molecular weight excluding hydrogens is 284 g/mol. The number of para-hydroxylation sites is 2. The van der Waals surface area contributed by atoms with Crippen molar-refractivity contribution in [2.24, 2.45) is 0 Å². The minimum absolute atomic E-state index is 0.516. The predicted octanol–water partition coefficient (Wildman–Crippen LogP) is 5.20. The minimum Gasteiger partial charge on any atom is -0.368 e. The fraction of sp³-hybridized carbons (Fsp3) is 0. The number of nitrogens with one attached hydrogen (secondary N) is 1. The monoisotopic (exact) mass is 298 g/mol. The highest BCUT2D eigenvalue weighted by Crippen LogP contribution is 2.26. The first kappa shape index (κ1) is 14.9. The maximum atomic E-state index is 11.4. The molecule has 21 heavy (non-hydrogen) atoms. The van der Waals surface area contributed by atoms with E-state index in [4.69, 9.17) is 11.6 Å². The number of H-pyrrole nitrogens is 1. The van der Waals surface area contributed by atoms with Crippen LogP contribution < -0.4 is 4.90 Å². The van der Waals surface area contributed by atoms with Crippen LogP contribution in [0.3, 0.4) is 0 Å². The maximum Gasteiger partial charge on any atom is 0.325 e. The van der Waals surface area contributed by atoms with Crippen LogP contribution >= 0.6 is 11.6 Å². The maximum absolute atomic E-state index is 11.4. The second kappa shape index (κ2) is 7.92. The molecule has 0 aliphatic heterocycles. The van der Waals surface area contributed by atoms with Crippen molar-refractivity contribution in [2.75, 3.05) is 4.90 Å². The van der Waals surface area contributed by atoms with Gasteiger partial charge in [-0.15, -0.1) is 0 Å². The Bertz CT molecular complexity index is 582. The van der Waals surface area contributed by atoms with Gasteiger partial charge in [0, 0.05) is 12.4 Å². The Morgan fingerprint density at radius 1 is 0.762 bits per heavy atom. The summed E-state index contributed by atoms with van der Waals surface area (Å²) in [7, 11) is 0. The third-order valence-electron chi connectivity index (χ3n) is 2.70. The lowest BCUT2D eigenvalue weighted by Crippen LogP contribution is -2.19. The number of aromatic amines is 1. The molecule has 2 aromatic carbocycles. The Labute approximate surface area is 128 Å². The molecule has 1 N–H and O–H groups in total. The van der Waals surface area contributed by atoms with E-state index in [1.807, 2.05) is 85.2 Å². The van der Waals surface area contributed by atoms with Crippen LogP contribution in [0.5, 0.6) is 0 Å². The molecule has 0 bridgehead atoms. The third-order valence-corrected chi connectivity index (χ3v) is 2.87. The van der Waals surface area contributed by atoms with Crippen LogP contribution in [0.15, 0.2) is 85.2 Å². The van der Waals surface area contributed by atoms with E-state index in [9.17, 15) is 4.79 Å². The molecule has 0 aliphatic rings. The zero-order valence-electron chi connectivity index (χ0n) is 11.3. The molecule has 0 fully saturated rings. The molecule has 4 heteroatoms. The Hall–Kier alpha value is -2.52. The minimum atomic E-state index is -0.516. The Balaban J connectivity index is 0.000000272. The average molecular weight is 299 g/mol. The molecule has 3 rings (SSSR count). The highest BCUT2D eigenvalue weighted by molar-refractivity contribution is 6.66. The lowest BCUT2D eigenvalue weighted by Gasteiger charge is -2.19. The van der Waals surface area contributed by atoms with Gasteiger partial charge in [-0.1, -0.05) is 36.4 Å². The number of nitrogens with zero attached hydrogens (tertiary/aromatic N) is 1. The zero-order chi connectivity index (χ0) is 14.9. The summed E-state index contributed by atoms with van der Waals surface area (Å²) in [4.78, 5) is 15.8. The average Bonchev–Trinajstić information content (AvgIpc) is 3.09. The lowest BCUT2D eigenvalue weighted by atomic mass is 10.2. The molecular formula is C17H15ClN2O. The number of hydrogen-bond acceptors (Lipinski definition) is 1. The van der Waals surface area contributed by atoms with E-state index in [-0.39, 0.29) is 0 Å². The Kier molecular flexibility index (Phi) is 5.61. The first-order chi connectivity index (χ1) is 10.3. The van der Waals surface area contributed by atoms with Crippen LogP contribution in [0.2, 0.25) is 0 Å². The number of hydrogen-bond donors (Lipinski definition) is 1. The van der Waals surface area contributed by atoms with E-state index in [1.165, 1.54) is 4.90 Å². The summed E-state index contributed by atoms with van der Waals surface area (Å²) in [6.07, 6.45) is 3.75. The van der Waals surface area contributed by atoms with Crippen LogP contribution in [0.25, 0.3) is 0 Å². The van der Waals surface area contributed by atoms with E-state index in [0.717, 1.165) is 11.4 Å². The van der Waals surface area contributed by atoms with Crippen molar-refractivity contribution in [3.63, 3.8) is 0 Å². The summed E-state index contributed by atoms with van der Waals surface area (Å²) in [6, 6.07) is 22.5. The number of anilines is 2. The van der Waals surface area contributed by atoms with E-state index >= 15 is 0 Å². The predicted molar refractivity (Wildman–Crippen MR) is 87.1 cm³/mol. The number of aromatic nitrogens is 1. The molecule has 3 aromatic rings. The van der Waals surface area contributed by atoms with Crippen LogP contribution in [0, 0.1) is 0 Å². The largest absolute Gasteiger partial charge is 0.368 e. The third kappa shape index (κ3) is 4.51. The molecule has 0 aliphatic carbocycles. The summed E-state index contributed by atoms with van der Waals surface area (Å²) in [6.45, 7) is 0. The van der Waals surface area contributed by atoms with Crippen molar-refractivity contribution >= 4 is 28.3 Å². The molecule has 0 radical (unpaired) electrons. The molecule has 106 valence electrons. The normalized spacial score (nSPS) is 9.38. The first-order valence-electron chi connectivity index (χ1n) is 6.46. The summed E-state index contributed by atoms with van der Waals surface area (Å²) in [5.74, 6) is 0. The first-order valence-corrected chi connectivity index (χ1v) is 6.84. The number of carbonyl (C=O) groups is 1. The van der Waals surface area contributed by atoms with Crippen LogP contribution in [-0.2, 0) is 0 Å². The molecule has 0 saturated carbocycles. The standard InChI is InChI=1S/C13H10ClNO.C4H5N/c14-13(16)15(11-7-3-1-4-8-11)12-9-5-2-6-10-12;1-2-4-5-3-1/h1-10H;1-5H. The van der Waals surface area contributed by atoms with Crippen molar-refractivity contribution in [2.45, 2.75) is 0 Å². The SMILES string of the molecule is O=C(Cl)N(c1ccccc1)c1ccccc1.c1cc[nH]c1. The summed E-state index contributed by atoms with van der Waals surface area (Å²) in [5.41, 5.74) is 1.52. The van der Waals surface area contributed by atoms with Gasteiger partial charge >= 0.3 is 5.37 Å². The summed E-state index contributed by atoms with van der Waals surface area (Å²) < 4.78 is 0. The molecule has 1 heterocycles. The molecule has 3 nitrogen and oxygen atoms in total. The van der Waals surface area contributed by atoms with Crippen LogP contribution in [0.4, 0.5) is 16.2 Å². The highest BCUT2D eigenvalue weighted by atomic mass is 35.5. The van der Waals surface area contributed by atoms with Gasteiger partial charge in [-0.2, -0.15) is 0 Å². The molecule has 1 amide bonds. The van der Waals surface area contributed by atoms with E-state index in [1.54, 1.807) is 0 Å². The molecule has 0 unspecified atom stereocenters. The topological polar surface area (TPSA) is 36.1 Å². The Morgan fingerprint density at radius 3 is 1.48 bits per heavy atom. The lowest BCUT2D eigenvalue weighted by molar-refractivity contribution is 0.266. The van der Waals surface area contributed by atoms with Crippen molar-refractivity contribution in [1.82, 2.24) is 4.98 Å². The summed E-state index contributed by atoms with van der Waals surface area (Å²) >= 11 is 5.60. The number of amides is 1. The van der Waals surface area contributed by atoms with Crippen LogP contribution in [0.1, 0.15) is 0 Å². The fourth-order valence-electron chi connectivity index (χ4n) is 1.78. The van der Waals surface area contributed by atoms with Gasteiger partial charge in [0.25, 0.3) is 0 Å². The zero-order valence-corrected chi connectivity index (χ0v) is 12.1. The van der Waals surface area contributed by atoms with E-state index in [0.29, 0.717) is 0 Å². The van der Waals surface area contributed by atoms with Gasteiger partial charge in [-0.3, -0.25) is 9.69 Å². The van der Waals surface area contributed by atoms with E-state index < -0.39 is 5.37 Å². The molecule has 1 aromatic heterocycles. The van der Waals surface area contributed by atoms with E-state index in [2.05, 4.69) is 4.98 Å². The van der Waals surface area contributed by atoms with Gasteiger partial charge in [0.2, 0.25) is 0 Å². The smallest absolute Gasteiger partial charge is 0.325 e. The molecule has 0 saturated heterocycles.